The van der Waals surface area contributed by atoms with Crippen LogP contribution in [0.3, 0.4) is 0 Å². The fourth-order valence-corrected chi connectivity index (χ4v) is 2.47. The normalized spacial score (nSPS) is 17.7. The summed E-state index contributed by atoms with van der Waals surface area (Å²) in [5, 5.41) is 0. The first kappa shape index (κ1) is 13.5. The van der Waals surface area contributed by atoms with Crippen molar-refractivity contribution in [3.05, 3.63) is 41.0 Å². The number of allylic oxidation sites excluding steroid dienone is 2. The van der Waals surface area contributed by atoms with Crippen molar-refractivity contribution in [3.8, 4) is 0 Å². The maximum Gasteiger partial charge on any atom is 0.306 e. The zero-order chi connectivity index (χ0) is 14.0. The van der Waals surface area contributed by atoms with Crippen molar-refractivity contribution in [1.82, 2.24) is 0 Å². The van der Waals surface area contributed by atoms with Crippen LogP contribution in [-0.4, -0.2) is 18.4 Å². The van der Waals surface area contributed by atoms with Gasteiger partial charge in [0, 0.05) is 0 Å². The molecule has 0 N–H and O–H groups in total. The predicted octanol–water partition coefficient (Wildman–Crippen LogP) is 3.02. The highest BCUT2D eigenvalue weighted by molar-refractivity contribution is 6.06. The highest BCUT2D eigenvalue weighted by Crippen LogP contribution is 2.35. The molecule has 0 radical (unpaired) electrons. The molecule has 2 rings (SSSR count). The van der Waals surface area contributed by atoms with Crippen molar-refractivity contribution in [2.45, 2.75) is 33.1 Å². The van der Waals surface area contributed by atoms with Crippen LogP contribution in [0.4, 0.5) is 0 Å². The summed E-state index contributed by atoms with van der Waals surface area (Å²) < 4.78 is 4.95. The fraction of sp³-hybridized carbons (Fsp3) is 0.375. The Morgan fingerprint density at radius 3 is 2.74 bits per heavy atom. The van der Waals surface area contributed by atoms with E-state index in [0.29, 0.717) is 6.61 Å². The van der Waals surface area contributed by atoms with Gasteiger partial charge in [-0.15, -0.1) is 0 Å². The summed E-state index contributed by atoms with van der Waals surface area (Å²) in [6.45, 7) is 6.02. The second-order valence-corrected chi connectivity index (χ2v) is 4.88. The van der Waals surface area contributed by atoms with Crippen LogP contribution in [0, 0.1) is 6.92 Å². The number of rotatable bonds is 3. The number of carbonyl (C=O) groups is 2. The van der Waals surface area contributed by atoms with Gasteiger partial charge in [-0.05, 0) is 43.5 Å². The van der Waals surface area contributed by atoms with E-state index in [1.807, 2.05) is 32.0 Å². The molecule has 1 aliphatic carbocycles. The van der Waals surface area contributed by atoms with E-state index < -0.39 is 5.92 Å². The van der Waals surface area contributed by atoms with Crippen molar-refractivity contribution in [2.75, 3.05) is 6.61 Å². The molecule has 0 aromatic heterocycles. The number of benzene rings is 1. The lowest BCUT2D eigenvalue weighted by Gasteiger charge is -2.23. The van der Waals surface area contributed by atoms with Crippen molar-refractivity contribution in [1.29, 1.82) is 0 Å². The summed E-state index contributed by atoms with van der Waals surface area (Å²) in [6.07, 6.45) is 1.74. The van der Waals surface area contributed by atoms with Crippen LogP contribution in [0.1, 0.15) is 42.9 Å². The quantitative estimate of drug-likeness (QED) is 0.783. The SMILES string of the molecule is CCOC(=O)CC1C(=O)C=C(C)c2ccc(C)cc21. The summed E-state index contributed by atoms with van der Waals surface area (Å²) in [5.41, 5.74) is 4.05. The van der Waals surface area contributed by atoms with Crippen LogP contribution < -0.4 is 0 Å². The van der Waals surface area contributed by atoms with Crippen LogP contribution >= 0.6 is 0 Å². The lowest BCUT2D eigenvalue weighted by Crippen LogP contribution is -2.21. The average molecular weight is 258 g/mol. The number of fused-ring (bicyclic) bond motifs is 1. The Hall–Kier alpha value is -1.90. The number of carbonyl (C=O) groups excluding carboxylic acids is 2. The van der Waals surface area contributed by atoms with Crippen molar-refractivity contribution in [2.24, 2.45) is 0 Å². The van der Waals surface area contributed by atoms with Crippen molar-refractivity contribution < 1.29 is 14.3 Å². The van der Waals surface area contributed by atoms with Gasteiger partial charge in [-0.3, -0.25) is 9.59 Å². The van der Waals surface area contributed by atoms with Gasteiger partial charge < -0.3 is 4.74 Å². The molecule has 1 atom stereocenters. The van der Waals surface area contributed by atoms with Gasteiger partial charge in [0.05, 0.1) is 18.9 Å². The Kier molecular flexibility index (Phi) is 3.84. The molecular formula is C16H18O3. The highest BCUT2D eigenvalue weighted by Gasteiger charge is 2.29. The van der Waals surface area contributed by atoms with E-state index >= 15 is 0 Å². The van der Waals surface area contributed by atoms with Crippen LogP contribution in [0.5, 0.6) is 0 Å². The molecule has 0 saturated carbocycles. The van der Waals surface area contributed by atoms with Crippen LogP contribution in [0.15, 0.2) is 24.3 Å². The minimum Gasteiger partial charge on any atom is -0.466 e. The third-order valence-corrected chi connectivity index (χ3v) is 3.39. The Bertz CT molecular complexity index is 555. The zero-order valence-corrected chi connectivity index (χ0v) is 11.5. The van der Waals surface area contributed by atoms with Crippen LogP contribution in [-0.2, 0) is 14.3 Å². The summed E-state index contributed by atoms with van der Waals surface area (Å²) >= 11 is 0. The second kappa shape index (κ2) is 5.39. The summed E-state index contributed by atoms with van der Waals surface area (Å²) in [6, 6.07) is 6.03. The molecule has 19 heavy (non-hydrogen) atoms. The number of hydrogen-bond donors (Lipinski definition) is 0. The molecule has 0 aliphatic heterocycles. The van der Waals surface area contributed by atoms with Gasteiger partial charge in [0.25, 0.3) is 0 Å². The highest BCUT2D eigenvalue weighted by atomic mass is 16.5. The number of ketones is 1. The van der Waals surface area contributed by atoms with Crippen molar-refractivity contribution in [3.63, 3.8) is 0 Å². The number of aryl methyl sites for hydroxylation is 1. The molecule has 0 bridgehead atoms. The molecule has 0 spiro atoms. The summed E-state index contributed by atoms with van der Waals surface area (Å²) in [5.74, 6) is -0.734. The summed E-state index contributed by atoms with van der Waals surface area (Å²) in [4.78, 5) is 23.8. The van der Waals surface area contributed by atoms with Gasteiger partial charge in [-0.25, -0.2) is 0 Å². The minimum atomic E-state index is -0.405. The molecule has 1 aromatic carbocycles. The van der Waals surface area contributed by atoms with E-state index in [1.54, 1.807) is 13.0 Å². The van der Waals surface area contributed by atoms with Gasteiger partial charge >= 0.3 is 5.97 Å². The van der Waals surface area contributed by atoms with E-state index in [2.05, 4.69) is 0 Å². The lowest BCUT2D eigenvalue weighted by atomic mass is 9.80. The number of hydrogen-bond acceptors (Lipinski definition) is 3. The molecule has 1 aliphatic rings. The molecule has 1 aromatic rings. The van der Waals surface area contributed by atoms with E-state index in [-0.39, 0.29) is 18.2 Å². The van der Waals surface area contributed by atoms with Crippen molar-refractivity contribution >= 4 is 17.3 Å². The van der Waals surface area contributed by atoms with E-state index in [0.717, 1.165) is 22.3 Å². The first-order valence-electron chi connectivity index (χ1n) is 6.51. The predicted molar refractivity (Wildman–Crippen MR) is 73.8 cm³/mol. The fourth-order valence-electron chi connectivity index (χ4n) is 2.47. The van der Waals surface area contributed by atoms with E-state index in [4.69, 9.17) is 4.74 Å². The maximum atomic E-state index is 12.1. The Morgan fingerprint density at radius 2 is 2.05 bits per heavy atom. The monoisotopic (exact) mass is 258 g/mol. The Labute approximate surface area is 113 Å². The first-order chi connectivity index (χ1) is 9.02. The molecule has 0 amide bonds. The molecule has 3 nitrogen and oxygen atoms in total. The molecule has 100 valence electrons. The zero-order valence-electron chi connectivity index (χ0n) is 11.5. The van der Waals surface area contributed by atoms with Gasteiger partial charge in [-0.1, -0.05) is 23.8 Å². The standard InChI is InChI=1S/C16H18O3/c1-4-19-16(18)9-14-13-7-10(2)5-6-12(13)11(3)8-15(14)17/h5-8,14H,4,9H2,1-3H3. The first-order valence-corrected chi connectivity index (χ1v) is 6.51. The topological polar surface area (TPSA) is 43.4 Å². The minimum absolute atomic E-state index is 0.0105. The lowest BCUT2D eigenvalue weighted by molar-refractivity contribution is -0.144. The number of esters is 1. The Balaban J connectivity index is 2.37. The molecule has 1 unspecified atom stereocenters. The number of ether oxygens (including phenoxy) is 1. The molecule has 0 heterocycles. The van der Waals surface area contributed by atoms with Crippen LogP contribution in [0.2, 0.25) is 0 Å². The largest absolute Gasteiger partial charge is 0.466 e. The Morgan fingerprint density at radius 1 is 1.32 bits per heavy atom. The second-order valence-electron chi connectivity index (χ2n) is 4.88. The van der Waals surface area contributed by atoms with Gasteiger partial charge in [0.15, 0.2) is 5.78 Å². The smallest absolute Gasteiger partial charge is 0.306 e. The van der Waals surface area contributed by atoms with Crippen LogP contribution in [0.25, 0.3) is 5.57 Å². The third-order valence-electron chi connectivity index (χ3n) is 3.39. The molecule has 0 fully saturated rings. The van der Waals surface area contributed by atoms with Gasteiger partial charge in [0.1, 0.15) is 0 Å². The summed E-state index contributed by atoms with van der Waals surface area (Å²) in [7, 11) is 0. The van der Waals surface area contributed by atoms with Gasteiger partial charge in [0.2, 0.25) is 0 Å². The molecular weight excluding hydrogens is 240 g/mol. The van der Waals surface area contributed by atoms with Gasteiger partial charge in [-0.2, -0.15) is 0 Å². The van der Waals surface area contributed by atoms with E-state index in [9.17, 15) is 9.59 Å². The van der Waals surface area contributed by atoms with E-state index in [1.165, 1.54) is 0 Å². The molecule has 0 saturated heterocycles. The average Bonchev–Trinajstić information content (AvgIpc) is 2.34. The third kappa shape index (κ3) is 2.75. The maximum absolute atomic E-state index is 12.1. The molecule has 3 heteroatoms.